The Balaban J connectivity index is 2.07. The topological polar surface area (TPSA) is 3.24 Å². The second-order valence-electron chi connectivity index (χ2n) is 3.91. The molecule has 64 valence electrons. The van der Waals surface area contributed by atoms with Gasteiger partial charge in [0, 0.05) is 35.5 Å². The molecule has 0 radical (unpaired) electrons. The van der Waals surface area contributed by atoms with Gasteiger partial charge in [-0.3, -0.25) is 0 Å². The van der Waals surface area contributed by atoms with Crippen LogP contribution in [0.5, 0.6) is 0 Å². The maximum absolute atomic E-state index is 2.55. The SMILES string of the molecule is CCC1C2CCCC2CN1I. The summed E-state index contributed by atoms with van der Waals surface area (Å²) in [6, 6.07) is 0.906. The fraction of sp³-hybridized carbons (Fsp3) is 1.00. The van der Waals surface area contributed by atoms with Crippen molar-refractivity contribution < 1.29 is 0 Å². The van der Waals surface area contributed by atoms with Gasteiger partial charge in [0.25, 0.3) is 0 Å². The van der Waals surface area contributed by atoms with Gasteiger partial charge in [0.1, 0.15) is 0 Å². The van der Waals surface area contributed by atoms with Crippen LogP contribution in [0.25, 0.3) is 0 Å². The second-order valence-corrected chi connectivity index (χ2v) is 5.15. The van der Waals surface area contributed by atoms with Gasteiger partial charge >= 0.3 is 0 Å². The van der Waals surface area contributed by atoms with Crippen LogP contribution in [-0.2, 0) is 0 Å². The van der Waals surface area contributed by atoms with Crippen LogP contribution in [0.3, 0.4) is 0 Å². The van der Waals surface area contributed by atoms with Crippen LogP contribution in [-0.4, -0.2) is 15.7 Å². The lowest BCUT2D eigenvalue weighted by Gasteiger charge is -2.20. The molecule has 1 heterocycles. The summed E-state index contributed by atoms with van der Waals surface area (Å²) in [5.74, 6) is 2.11. The third kappa shape index (κ3) is 1.32. The molecule has 3 unspecified atom stereocenters. The lowest BCUT2D eigenvalue weighted by molar-refractivity contribution is 0.360. The fourth-order valence-electron chi connectivity index (χ4n) is 2.87. The van der Waals surface area contributed by atoms with Crippen LogP contribution < -0.4 is 0 Å². The van der Waals surface area contributed by atoms with Crippen LogP contribution in [0.2, 0.25) is 0 Å². The molecule has 2 rings (SSSR count). The molecule has 0 spiro atoms. The van der Waals surface area contributed by atoms with Gasteiger partial charge in [-0.25, -0.2) is 3.11 Å². The second kappa shape index (κ2) is 3.21. The molecule has 1 nitrogen and oxygen atoms in total. The summed E-state index contributed by atoms with van der Waals surface area (Å²) < 4.78 is 2.55. The zero-order valence-corrected chi connectivity index (χ0v) is 9.25. The van der Waals surface area contributed by atoms with Crippen molar-refractivity contribution in [2.24, 2.45) is 11.8 Å². The van der Waals surface area contributed by atoms with Crippen molar-refractivity contribution in [3.05, 3.63) is 0 Å². The minimum absolute atomic E-state index is 0.906. The Labute approximate surface area is 83.0 Å². The van der Waals surface area contributed by atoms with E-state index in [2.05, 4.69) is 32.9 Å². The van der Waals surface area contributed by atoms with Gasteiger partial charge < -0.3 is 0 Å². The summed E-state index contributed by atoms with van der Waals surface area (Å²) >= 11 is 2.52. The molecule has 0 aromatic rings. The van der Waals surface area contributed by atoms with Crippen LogP contribution in [0.4, 0.5) is 0 Å². The van der Waals surface area contributed by atoms with E-state index in [9.17, 15) is 0 Å². The molecule has 1 aliphatic carbocycles. The highest BCUT2D eigenvalue weighted by molar-refractivity contribution is 14.1. The summed E-state index contributed by atoms with van der Waals surface area (Å²) in [5, 5.41) is 0. The molecule has 1 saturated heterocycles. The number of hydrogen-bond acceptors (Lipinski definition) is 1. The number of hydrogen-bond donors (Lipinski definition) is 0. The predicted octanol–water partition coefficient (Wildman–Crippen LogP) is 2.85. The van der Waals surface area contributed by atoms with Crippen molar-refractivity contribution in [2.45, 2.75) is 38.6 Å². The number of nitrogens with zero attached hydrogens (tertiary/aromatic N) is 1. The van der Waals surface area contributed by atoms with Crippen molar-refractivity contribution in [1.82, 2.24) is 3.11 Å². The van der Waals surface area contributed by atoms with Gasteiger partial charge in [-0.05, 0) is 31.1 Å². The van der Waals surface area contributed by atoms with Crippen molar-refractivity contribution in [1.29, 1.82) is 0 Å². The molecule has 1 aliphatic heterocycles. The highest BCUT2D eigenvalue weighted by Gasteiger charge is 2.41. The van der Waals surface area contributed by atoms with Crippen molar-refractivity contribution in [3.8, 4) is 0 Å². The third-order valence-electron chi connectivity index (χ3n) is 3.40. The average molecular weight is 265 g/mol. The maximum atomic E-state index is 2.55. The Morgan fingerprint density at radius 2 is 2.27 bits per heavy atom. The van der Waals surface area contributed by atoms with E-state index in [-0.39, 0.29) is 0 Å². The lowest BCUT2D eigenvalue weighted by atomic mass is 9.93. The molecule has 11 heavy (non-hydrogen) atoms. The molecule has 2 fully saturated rings. The number of fused-ring (bicyclic) bond motifs is 1. The normalized spacial score (nSPS) is 44.7. The van der Waals surface area contributed by atoms with Gasteiger partial charge in [0.2, 0.25) is 0 Å². The van der Waals surface area contributed by atoms with Gasteiger partial charge in [-0.2, -0.15) is 0 Å². The predicted molar refractivity (Wildman–Crippen MR) is 55.6 cm³/mol. The Morgan fingerprint density at radius 3 is 3.00 bits per heavy atom. The Morgan fingerprint density at radius 1 is 1.45 bits per heavy atom. The zero-order chi connectivity index (χ0) is 7.84. The molecular formula is C9H16IN. The first-order chi connectivity index (χ1) is 5.33. The first-order valence-corrected chi connectivity index (χ1v) is 5.72. The monoisotopic (exact) mass is 265 g/mol. The van der Waals surface area contributed by atoms with Gasteiger partial charge in [-0.15, -0.1) is 0 Å². The van der Waals surface area contributed by atoms with Crippen LogP contribution in [0.15, 0.2) is 0 Å². The quantitative estimate of drug-likeness (QED) is 0.520. The van der Waals surface area contributed by atoms with E-state index in [4.69, 9.17) is 0 Å². The molecule has 2 heteroatoms. The summed E-state index contributed by atoms with van der Waals surface area (Å²) in [4.78, 5) is 0. The summed E-state index contributed by atoms with van der Waals surface area (Å²) in [6.07, 6.45) is 5.85. The molecule has 1 saturated carbocycles. The molecule has 0 N–H and O–H groups in total. The van der Waals surface area contributed by atoms with E-state index >= 15 is 0 Å². The minimum Gasteiger partial charge on any atom is -0.244 e. The molecule has 0 aromatic carbocycles. The average Bonchev–Trinajstić information content (AvgIpc) is 2.46. The summed E-state index contributed by atoms with van der Waals surface area (Å²) in [6.45, 7) is 3.70. The molecule has 0 aromatic heterocycles. The van der Waals surface area contributed by atoms with Crippen LogP contribution in [0, 0.1) is 11.8 Å². The maximum Gasteiger partial charge on any atom is 0.0223 e. The zero-order valence-electron chi connectivity index (χ0n) is 7.09. The van der Waals surface area contributed by atoms with Gasteiger partial charge in [0.15, 0.2) is 0 Å². The Hall–Kier alpha value is 0.690. The highest BCUT2D eigenvalue weighted by Crippen LogP contribution is 2.44. The largest absolute Gasteiger partial charge is 0.244 e. The van der Waals surface area contributed by atoms with Gasteiger partial charge in [-0.1, -0.05) is 13.3 Å². The van der Waals surface area contributed by atoms with E-state index in [1.807, 2.05) is 0 Å². The molecule has 2 aliphatic rings. The van der Waals surface area contributed by atoms with E-state index in [0.717, 1.165) is 17.9 Å². The lowest BCUT2D eigenvalue weighted by Crippen LogP contribution is -2.23. The smallest absolute Gasteiger partial charge is 0.0223 e. The number of rotatable bonds is 1. The van der Waals surface area contributed by atoms with E-state index in [0.29, 0.717) is 0 Å². The number of halogens is 1. The molecular weight excluding hydrogens is 249 g/mol. The van der Waals surface area contributed by atoms with Crippen molar-refractivity contribution in [2.75, 3.05) is 6.54 Å². The third-order valence-corrected chi connectivity index (χ3v) is 4.51. The Bertz CT molecular complexity index is 148. The first kappa shape index (κ1) is 8.30. The van der Waals surface area contributed by atoms with Gasteiger partial charge in [0.05, 0.1) is 0 Å². The van der Waals surface area contributed by atoms with Crippen molar-refractivity contribution in [3.63, 3.8) is 0 Å². The minimum atomic E-state index is 0.906. The molecule has 3 atom stereocenters. The molecule has 0 bridgehead atoms. The standard InChI is InChI=1S/C9H16IN/c1-2-9-8-5-3-4-7(8)6-11(9)10/h7-9H,2-6H2,1H3. The summed E-state index contributed by atoms with van der Waals surface area (Å²) in [5.41, 5.74) is 0. The van der Waals surface area contributed by atoms with E-state index in [1.165, 1.54) is 32.2 Å². The first-order valence-electron chi connectivity index (χ1n) is 4.75. The van der Waals surface area contributed by atoms with Crippen molar-refractivity contribution >= 4 is 22.9 Å². The van der Waals surface area contributed by atoms with E-state index < -0.39 is 0 Å². The van der Waals surface area contributed by atoms with Crippen LogP contribution in [0.1, 0.15) is 32.6 Å². The highest BCUT2D eigenvalue weighted by atomic mass is 127. The van der Waals surface area contributed by atoms with E-state index in [1.54, 1.807) is 0 Å². The fourth-order valence-corrected chi connectivity index (χ4v) is 4.18. The summed E-state index contributed by atoms with van der Waals surface area (Å²) in [7, 11) is 0. The Kier molecular flexibility index (Phi) is 2.42. The molecule has 0 amide bonds. The van der Waals surface area contributed by atoms with Crippen LogP contribution >= 0.6 is 22.9 Å².